The number of nitrogens with one attached hydrogen (secondary N) is 2. The molecule has 1 aliphatic carbocycles. The Morgan fingerprint density at radius 1 is 1.09 bits per heavy atom. The van der Waals surface area contributed by atoms with Crippen molar-refractivity contribution < 1.29 is 18.4 Å². The number of aromatic nitrogens is 2. The van der Waals surface area contributed by atoms with Gasteiger partial charge in [-0.1, -0.05) is 12.1 Å². The normalized spacial score (nSPS) is 13.9. The Morgan fingerprint density at radius 2 is 1.80 bits per heavy atom. The molecule has 6 nitrogen and oxygen atoms in total. The third-order valence-corrected chi connectivity index (χ3v) is 7.23. The van der Waals surface area contributed by atoms with Crippen LogP contribution >= 0.6 is 11.3 Å². The minimum atomic E-state index is -0.827. The number of rotatable bonds is 6. The summed E-state index contributed by atoms with van der Waals surface area (Å²) in [6.45, 7) is 1.55. The first-order chi connectivity index (χ1) is 16.9. The quantitative estimate of drug-likeness (QED) is 0.400. The molecule has 180 valence electrons. The van der Waals surface area contributed by atoms with Crippen LogP contribution in [0.1, 0.15) is 35.9 Å². The second-order valence-electron chi connectivity index (χ2n) is 8.77. The lowest BCUT2D eigenvalue weighted by Crippen LogP contribution is -2.42. The molecule has 2 amide bonds. The minimum absolute atomic E-state index is 0.197. The third kappa shape index (κ3) is 5.09. The highest BCUT2D eigenvalue weighted by molar-refractivity contribution is 7.17. The predicted octanol–water partition coefficient (Wildman–Crippen LogP) is 4.91. The Bertz CT molecular complexity index is 1390. The number of fused-ring (bicyclic) bond motifs is 3. The first-order valence-corrected chi connectivity index (χ1v) is 12.3. The van der Waals surface area contributed by atoms with Crippen molar-refractivity contribution >= 4 is 33.8 Å². The van der Waals surface area contributed by atoms with Gasteiger partial charge in [0.2, 0.25) is 11.8 Å². The Kier molecular flexibility index (Phi) is 6.34. The number of imidazole rings is 1. The first-order valence-electron chi connectivity index (χ1n) is 11.5. The zero-order valence-corrected chi connectivity index (χ0v) is 19.9. The summed E-state index contributed by atoms with van der Waals surface area (Å²) in [6.07, 6.45) is 6.52. The molecule has 2 aromatic heterocycles. The van der Waals surface area contributed by atoms with Crippen molar-refractivity contribution in [2.24, 2.45) is 0 Å². The maximum absolute atomic E-state index is 13.3. The maximum atomic E-state index is 13.3. The van der Waals surface area contributed by atoms with Crippen molar-refractivity contribution in [3.8, 4) is 11.3 Å². The van der Waals surface area contributed by atoms with Gasteiger partial charge >= 0.3 is 0 Å². The summed E-state index contributed by atoms with van der Waals surface area (Å²) < 4.78 is 28.8. The number of hydrogen-bond donors (Lipinski definition) is 2. The summed E-state index contributed by atoms with van der Waals surface area (Å²) in [6, 6.07) is 9.48. The van der Waals surface area contributed by atoms with Crippen LogP contribution in [-0.2, 0) is 28.9 Å². The second-order valence-corrected chi connectivity index (χ2v) is 9.83. The van der Waals surface area contributed by atoms with Crippen LogP contribution in [-0.4, -0.2) is 27.2 Å². The van der Waals surface area contributed by atoms with E-state index >= 15 is 0 Å². The molecule has 4 aromatic rings. The number of carbonyl (C=O) groups excluding carboxylic acids is 2. The molecule has 0 fully saturated rings. The van der Waals surface area contributed by atoms with E-state index in [0.29, 0.717) is 5.69 Å². The van der Waals surface area contributed by atoms with Crippen LogP contribution < -0.4 is 10.6 Å². The van der Waals surface area contributed by atoms with Crippen molar-refractivity contribution in [1.82, 2.24) is 14.7 Å². The number of anilines is 1. The Balaban J connectivity index is 1.19. The molecule has 35 heavy (non-hydrogen) atoms. The highest BCUT2D eigenvalue weighted by Gasteiger charge is 2.19. The Labute approximate surface area is 205 Å². The van der Waals surface area contributed by atoms with Gasteiger partial charge in [0.25, 0.3) is 0 Å². The molecule has 0 aliphatic heterocycles. The van der Waals surface area contributed by atoms with Crippen LogP contribution in [0.25, 0.3) is 16.2 Å². The van der Waals surface area contributed by atoms with Crippen molar-refractivity contribution in [1.29, 1.82) is 0 Å². The molecule has 1 aliphatic rings. The van der Waals surface area contributed by atoms with E-state index < -0.39 is 29.5 Å². The molecule has 0 bridgehead atoms. The van der Waals surface area contributed by atoms with Gasteiger partial charge in [0.15, 0.2) is 4.96 Å². The summed E-state index contributed by atoms with van der Waals surface area (Å²) in [7, 11) is 0. The summed E-state index contributed by atoms with van der Waals surface area (Å²) in [5.41, 5.74) is 4.00. The Morgan fingerprint density at radius 3 is 2.54 bits per heavy atom. The average Bonchev–Trinajstić information content (AvgIpc) is 3.37. The molecule has 2 N–H and O–H groups in total. The number of amides is 2. The van der Waals surface area contributed by atoms with Crippen LogP contribution in [0.5, 0.6) is 0 Å². The predicted molar refractivity (Wildman–Crippen MR) is 131 cm³/mol. The number of aryl methyl sites for hydroxylation is 2. The van der Waals surface area contributed by atoms with E-state index in [1.165, 1.54) is 23.4 Å². The Hall–Kier alpha value is -3.59. The molecule has 1 atom stereocenters. The van der Waals surface area contributed by atoms with Crippen LogP contribution in [0.2, 0.25) is 0 Å². The summed E-state index contributed by atoms with van der Waals surface area (Å²) in [5, 5.41) is 5.33. The standard InChI is InChI=1S/C26H24F2N4O2S/c1-15(29-24(33)12-16-10-18(27)13-19(28)11-16)25(34)30-20-8-6-17(7-9-20)21-14-32-22-4-2-3-5-23(22)35-26(32)31-21/h6-11,13-15H,2-5,12H2,1H3,(H,29,33)(H,30,34)/t15-/m0/s1. The summed E-state index contributed by atoms with van der Waals surface area (Å²) >= 11 is 1.76. The average molecular weight is 495 g/mol. The van der Waals surface area contributed by atoms with E-state index in [9.17, 15) is 18.4 Å². The SMILES string of the molecule is C[C@H](NC(=O)Cc1cc(F)cc(F)c1)C(=O)Nc1ccc(-c2cn3c4c(sc3n2)CCCC4)cc1. The van der Waals surface area contributed by atoms with Gasteiger partial charge in [-0.15, -0.1) is 11.3 Å². The van der Waals surface area contributed by atoms with Crippen molar-refractivity contribution in [3.05, 3.63) is 76.4 Å². The van der Waals surface area contributed by atoms with Crippen LogP contribution in [0.15, 0.2) is 48.7 Å². The molecule has 0 radical (unpaired) electrons. The van der Waals surface area contributed by atoms with E-state index in [4.69, 9.17) is 4.98 Å². The van der Waals surface area contributed by atoms with E-state index in [1.807, 2.05) is 12.1 Å². The van der Waals surface area contributed by atoms with Crippen molar-refractivity contribution in [2.75, 3.05) is 5.32 Å². The number of hydrogen-bond acceptors (Lipinski definition) is 4. The minimum Gasteiger partial charge on any atom is -0.344 e. The lowest BCUT2D eigenvalue weighted by Gasteiger charge is -2.14. The molecule has 2 heterocycles. The zero-order chi connectivity index (χ0) is 24.5. The highest BCUT2D eigenvalue weighted by Crippen LogP contribution is 2.32. The highest BCUT2D eigenvalue weighted by atomic mass is 32.1. The zero-order valence-electron chi connectivity index (χ0n) is 19.1. The second kappa shape index (κ2) is 9.58. The van der Waals surface area contributed by atoms with Gasteiger partial charge in [-0.05, 0) is 62.4 Å². The third-order valence-electron chi connectivity index (χ3n) is 6.07. The van der Waals surface area contributed by atoms with E-state index in [1.54, 1.807) is 30.4 Å². The van der Waals surface area contributed by atoms with Crippen molar-refractivity contribution in [2.45, 2.75) is 45.1 Å². The smallest absolute Gasteiger partial charge is 0.246 e. The largest absolute Gasteiger partial charge is 0.344 e. The molecule has 0 saturated carbocycles. The lowest BCUT2D eigenvalue weighted by molar-refractivity contribution is -0.125. The summed E-state index contributed by atoms with van der Waals surface area (Å²) in [4.78, 5) is 32.0. The molecule has 5 rings (SSSR count). The molecule has 0 saturated heterocycles. The molecular weight excluding hydrogens is 470 g/mol. The number of halogens is 2. The van der Waals surface area contributed by atoms with Crippen LogP contribution in [0, 0.1) is 11.6 Å². The van der Waals surface area contributed by atoms with Crippen LogP contribution in [0.3, 0.4) is 0 Å². The van der Waals surface area contributed by atoms with Crippen LogP contribution in [0.4, 0.5) is 14.5 Å². The van der Waals surface area contributed by atoms with Gasteiger partial charge in [-0.2, -0.15) is 0 Å². The molecular formula is C26H24F2N4O2S. The summed E-state index contributed by atoms with van der Waals surface area (Å²) in [5.74, 6) is -2.41. The van der Waals surface area contributed by atoms with Gasteiger partial charge in [0, 0.05) is 34.1 Å². The number of nitrogens with zero attached hydrogens (tertiary/aromatic N) is 2. The van der Waals surface area contributed by atoms with E-state index in [-0.39, 0.29) is 12.0 Å². The van der Waals surface area contributed by atoms with E-state index in [2.05, 4.69) is 21.2 Å². The van der Waals surface area contributed by atoms with Crippen molar-refractivity contribution in [3.63, 3.8) is 0 Å². The molecule has 9 heteroatoms. The number of benzene rings is 2. The van der Waals surface area contributed by atoms with Gasteiger partial charge in [0.1, 0.15) is 17.7 Å². The maximum Gasteiger partial charge on any atom is 0.246 e. The monoisotopic (exact) mass is 494 g/mol. The van der Waals surface area contributed by atoms with Gasteiger partial charge < -0.3 is 10.6 Å². The fraction of sp³-hybridized carbons (Fsp3) is 0.269. The molecule has 2 aromatic carbocycles. The number of thiazole rings is 1. The first kappa shape index (κ1) is 23.2. The van der Waals surface area contributed by atoms with Gasteiger partial charge in [-0.3, -0.25) is 14.0 Å². The van der Waals surface area contributed by atoms with Gasteiger partial charge in [-0.25, -0.2) is 13.8 Å². The topological polar surface area (TPSA) is 75.5 Å². The molecule has 0 unspecified atom stereocenters. The van der Waals surface area contributed by atoms with Gasteiger partial charge in [0.05, 0.1) is 12.1 Å². The number of carbonyl (C=O) groups is 2. The lowest BCUT2D eigenvalue weighted by atomic mass is 10.0. The fourth-order valence-electron chi connectivity index (χ4n) is 4.34. The molecule has 0 spiro atoms. The van der Waals surface area contributed by atoms with E-state index in [0.717, 1.165) is 47.3 Å². The fourth-order valence-corrected chi connectivity index (χ4v) is 5.53.